The van der Waals surface area contributed by atoms with E-state index in [0.717, 1.165) is 0 Å². The maximum absolute atomic E-state index is 12.0. The number of hydrogen-bond donors (Lipinski definition) is 2. The van der Waals surface area contributed by atoms with Crippen LogP contribution in [0.4, 0.5) is 5.69 Å². The lowest BCUT2D eigenvalue weighted by Crippen LogP contribution is -2.24. The molecule has 0 heterocycles. The predicted octanol–water partition coefficient (Wildman–Crippen LogP) is 1.56. The first-order valence-corrected chi connectivity index (χ1v) is 6.95. The third-order valence-corrected chi connectivity index (χ3v) is 4.03. The van der Waals surface area contributed by atoms with Crippen LogP contribution in [0, 0.1) is 0 Å². The average Bonchev–Trinajstić information content (AvgIpc) is 2.26. The van der Waals surface area contributed by atoms with Crippen LogP contribution in [0.25, 0.3) is 0 Å². The Morgan fingerprint density at radius 1 is 1.53 bits per heavy atom. The smallest absolute Gasteiger partial charge is 0.220 e. The summed E-state index contributed by atoms with van der Waals surface area (Å²) in [7, 11) is -1.35. The van der Waals surface area contributed by atoms with Gasteiger partial charge in [0, 0.05) is 24.4 Å². The topological polar surface area (TPSA) is 72.2 Å². The molecule has 1 rings (SSSR count). The number of nitrogen functional groups attached to an aromatic ring is 1. The van der Waals surface area contributed by atoms with Crippen LogP contribution in [-0.4, -0.2) is 22.4 Å². The fourth-order valence-corrected chi connectivity index (χ4v) is 2.97. The van der Waals surface area contributed by atoms with Gasteiger partial charge < -0.3 is 11.1 Å². The molecule has 1 amide bonds. The van der Waals surface area contributed by atoms with Gasteiger partial charge in [0.15, 0.2) is 0 Å². The Morgan fingerprint density at radius 2 is 2.24 bits per heavy atom. The summed E-state index contributed by atoms with van der Waals surface area (Å²) in [6, 6.07) is 4.98. The van der Waals surface area contributed by atoms with Gasteiger partial charge >= 0.3 is 0 Å². The van der Waals surface area contributed by atoms with Crippen LogP contribution in [0.3, 0.4) is 0 Å². The van der Waals surface area contributed by atoms with Gasteiger partial charge in [-0.05, 0) is 19.1 Å². The van der Waals surface area contributed by atoms with Crippen LogP contribution in [0.2, 0.25) is 5.02 Å². The molecule has 0 saturated carbocycles. The molecule has 0 saturated heterocycles. The third kappa shape index (κ3) is 4.02. The Bertz CT molecular complexity index is 417. The molecule has 0 radical (unpaired) electrons. The van der Waals surface area contributed by atoms with Gasteiger partial charge in [0.1, 0.15) is 0 Å². The van der Waals surface area contributed by atoms with Gasteiger partial charge in [-0.2, -0.15) is 0 Å². The Hall–Kier alpha value is -1.07. The lowest BCUT2D eigenvalue weighted by molar-refractivity contribution is -0.120. The van der Waals surface area contributed by atoms with Gasteiger partial charge in [-0.1, -0.05) is 17.7 Å². The molecule has 1 atom stereocenters. The van der Waals surface area contributed by atoms with Gasteiger partial charge in [0.2, 0.25) is 5.91 Å². The summed E-state index contributed by atoms with van der Waals surface area (Å²) < 4.78 is 12.0. The summed E-state index contributed by atoms with van der Waals surface area (Å²) in [6.45, 7) is 2.40. The van der Waals surface area contributed by atoms with Crippen molar-refractivity contribution in [1.82, 2.24) is 5.32 Å². The molecular weight excluding hydrogens is 260 g/mol. The van der Waals surface area contributed by atoms with E-state index in [2.05, 4.69) is 5.32 Å². The Balaban J connectivity index is 2.68. The van der Waals surface area contributed by atoms with Gasteiger partial charge in [-0.15, -0.1) is 0 Å². The molecule has 3 N–H and O–H groups in total. The van der Waals surface area contributed by atoms with Gasteiger partial charge in [-0.3, -0.25) is 9.00 Å². The number of hydrogen-bond acceptors (Lipinski definition) is 3. The van der Waals surface area contributed by atoms with Crippen molar-refractivity contribution in [3.63, 3.8) is 0 Å². The van der Waals surface area contributed by atoms with Crippen molar-refractivity contribution in [1.29, 1.82) is 0 Å². The van der Waals surface area contributed by atoms with E-state index in [4.69, 9.17) is 17.3 Å². The zero-order valence-corrected chi connectivity index (χ0v) is 11.1. The Morgan fingerprint density at radius 3 is 2.82 bits per heavy atom. The molecule has 0 bridgehead atoms. The largest absolute Gasteiger partial charge is 0.398 e. The van der Waals surface area contributed by atoms with E-state index in [1.807, 2.05) is 6.92 Å². The molecule has 6 heteroatoms. The van der Waals surface area contributed by atoms with Crippen molar-refractivity contribution < 1.29 is 9.00 Å². The first-order chi connectivity index (χ1) is 8.06. The Labute approximate surface area is 108 Å². The number of nitrogens with two attached hydrogens (primary N) is 1. The minimum Gasteiger partial charge on any atom is -0.398 e. The molecule has 1 unspecified atom stereocenters. The quantitative estimate of drug-likeness (QED) is 0.801. The first kappa shape index (κ1) is 14.0. The molecule has 0 fully saturated rings. The second kappa shape index (κ2) is 6.61. The minimum absolute atomic E-state index is 0.119. The molecule has 0 aliphatic carbocycles. The van der Waals surface area contributed by atoms with Crippen molar-refractivity contribution >= 4 is 34.0 Å². The highest BCUT2D eigenvalue weighted by molar-refractivity contribution is 7.85. The average molecular weight is 275 g/mol. The zero-order valence-electron chi connectivity index (χ0n) is 9.53. The van der Waals surface area contributed by atoms with E-state index >= 15 is 0 Å². The lowest BCUT2D eigenvalue weighted by atomic mass is 10.3. The number of carbonyl (C=O) groups is 1. The Kier molecular flexibility index (Phi) is 5.44. The maximum atomic E-state index is 12.0. The minimum atomic E-state index is -1.35. The SMILES string of the molecule is CCNC(=O)CCS(=O)c1c(N)cccc1Cl. The van der Waals surface area contributed by atoms with Gasteiger partial charge in [0.25, 0.3) is 0 Å². The van der Waals surface area contributed by atoms with Crippen LogP contribution in [0.1, 0.15) is 13.3 Å². The summed E-state index contributed by atoms with van der Waals surface area (Å²) in [4.78, 5) is 11.7. The van der Waals surface area contributed by atoms with Gasteiger partial charge in [-0.25, -0.2) is 0 Å². The number of amides is 1. The highest BCUT2D eigenvalue weighted by atomic mass is 35.5. The highest BCUT2D eigenvalue weighted by Crippen LogP contribution is 2.25. The van der Waals surface area contributed by atoms with Crippen molar-refractivity contribution in [3.05, 3.63) is 23.2 Å². The molecule has 0 aliphatic heterocycles. The van der Waals surface area contributed by atoms with E-state index in [0.29, 0.717) is 22.2 Å². The van der Waals surface area contributed by atoms with Crippen molar-refractivity contribution in [3.8, 4) is 0 Å². The summed E-state index contributed by atoms with van der Waals surface area (Å²) in [6.07, 6.45) is 0.200. The highest BCUT2D eigenvalue weighted by Gasteiger charge is 2.13. The number of halogens is 1. The van der Waals surface area contributed by atoms with E-state index in [9.17, 15) is 9.00 Å². The molecule has 4 nitrogen and oxygen atoms in total. The molecule has 0 spiro atoms. The van der Waals surface area contributed by atoms with E-state index < -0.39 is 10.8 Å². The molecule has 94 valence electrons. The molecule has 1 aromatic rings. The summed E-state index contributed by atoms with van der Waals surface area (Å²) in [5.41, 5.74) is 6.10. The second-order valence-electron chi connectivity index (χ2n) is 3.41. The number of carbonyl (C=O) groups excluding carboxylic acids is 1. The van der Waals surface area contributed by atoms with Crippen LogP contribution in [0.5, 0.6) is 0 Å². The normalized spacial score (nSPS) is 12.1. The molecule has 0 aliphatic rings. The number of nitrogens with one attached hydrogen (secondary N) is 1. The fraction of sp³-hybridized carbons (Fsp3) is 0.364. The first-order valence-electron chi connectivity index (χ1n) is 5.25. The van der Waals surface area contributed by atoms with Crippen molar-refractivity contribution in [2.24, 2.45) is 0 Å². The van der Waals surface area contributed by atoms with E-state index in [-0.39, 0.29) is 18.1 Å². The summed E-state index contributed by atoms with van der Waals surface area (Å²) in [5, 5.41) is 3.02. The lowest BCUT2D eigenvalue weighted by Gasteiger charge is -2.07. The molecule has 17 heavy (non-hydrogen) atoms. The monoisotopic (exact) mass is 274 g/mol. The van der Waals surface area contributed by atoms with Gasteiger partial charge in [0.05, 0.1) is 20.7 Å². The molecular formula is C11H15ClN2O2S. The standard InChI is InChI=1S/C11H15ClN2O2S/c1-2-14-10(15)6-7-17(16)11-8(12)4-3-5-9(11)13/h3-5H,2,6-7,13H2,1H3,(H,14,15). The van der Waals surface area contributed by atoms with Crippen LogP contribution < -0.4 is 11.1 Å². The van der Waals surface area contributed by atoms with E-state index in [1.54, 1.807) is 18.2 Å². The van der Waals surface area contributed by atoms with Crippen LogP contribution >= 0.6 is 11.6 Å². The number of anilines is 1. The predicted molar refractivity (Wildman–Crippen MR) is 70.4 cm³/mol. The van der Waals surface area contributed by atoms with Crippen molar-refractivity contribution in [2.75, 3.05) is 18.0 Å². The van der Waals surface area contributed by atoms with Crippen LogP contribution in [0.15, 0.2) is 23.1 Å². The summed E-state index contributed by atoms with van der Waals surface area (Å²) >= 11 is 5.93. The fourth-order valence-electron chi connectivity index (χ4n) is 1.34. The molecule has 0 aromatic heterocycles. The summed E-state index contributed by atoms with van der Waals surface area (Å²) in [5.74, 6) is 0.103. The molecule has 1 aromatic carbocycles. The maximum Gasteiger partial charge on any atom is 0.220 e. The van der Waals surface area contributed by atoms with E-state index in [1.165, 1.54) is 0 Å². The second-order valence-corrected chi connectivity index (χ2v) is 5.33. The van der Waals surface area contributed by atoms with Crippen molar-refractivity contribution in [2.45, 2.75) is 18.2 Å². The number of benzene rings is 1. The third-order valence-electron chi connectivity index (χ3n) is 2.11. The zero-order chi connectivity index (χ0) is 12.8. The van der Waals surface area contributed by atoms with Crippen LogP contribution in [-0.2, 0) is 15.6 Å². The number of rotatable bonds is 5.